The van der Waals surface area contributed by atoms with E-state index in [9.17, 15) is 4.79 Å². The highest BCUT2D eigenvalue weighted by atomic mass is 35.5. The van der Waals surface area contributed by atoms with Crippen molar-refractivity contribution in [2.75, 3.05) is 6.54 Å². The van der Waals surface area contributed by atoms with Crippen molar-refractivity contribution in [1.29, 1.82) is 0 Å². The van der Waals surface area contributed by atoms with E-state index in [-0.39, 0.29) is 5.91 Å². The number of rotatable bonds is 7. The van der Waals surface area contributed by atoms with Gasteiger partial charge in [-0.1, -0.05) is 47.2 Å². The second-order valence-electron chi connectivity index (χ2n) is 6.67. The van der Waals surface area contributed by atoms with Crippen molar-refractivity contribution in [1.82, 2.24) is 10.3 Å². The zero-order valence-electron chi connectivity index (χ0n) is 16.2. The molecule has 0 spiro atoms. The fourth-order valence-electron chi connectivity index (χ4n) is 2.99. The Balaban J connectivity index is 1.46. The van der Waals surface area contributed by atoms with Gasteiger partial charge < -0.3 is 14.8 Å². The number of nitrogens with one attached hydrogen (secondary N) is 1. The molecule has 4 rings (SSSR count). The minimum Gasteiger partial charge on any atom is -0.456 e. The number of benzene rings is 3. The fraction of sp³-hybridized carbons (Fsp3) is 0.130. The Morgan fingerprint density at radius 3 is 2.57 bits per heavy atom. The van der Waals surface area contributed by atoms with E-state index in [0.29, 0.717) is 34.0 Å². The van der Waals surface area contributed by atoms with Crippen LogP contribution in [0, 0.1) is 0 Å². The standard InChI is InChI=1S/C23H19ClN2O3S/c1-15(27)25-9-8-16-2-3-18-13-19(5-4-17(18)12-16)28-22-7-6-20(14-21(22)24)29-23-26-10-11-30-23/h2-7,10-14H,8-9H2,1H3,(H,25,27). The van der Waals surface area contributed by atoms with Crippen LogP contribution in [0.4, 0.5) is 0 Å². The molecule has 0 fully saturated rings. The Bertz CT molecular complexity index is 1180. The number of hydrogen-bond acceptors (Lipinski definition) is 5. The highest BCUT2D eigenvalue weighted by Gasteiger charge is 2.08. The lowest BCUT2D eigenvalue weighted by molar-refractivity contribution is -0.118. The third kappa shape index (κ3) is 5.09. The molecular formula is C23H19ClN2O3S. The van der Waals surface area contributed by atoms with Crippen molar-refractivity contribution >= 4 is 39.6 Å². The predicted octanol–water partition coefficient (Wildman–Crippen LogP) is 6.21. The van der Waals surface area contributed by atoms with Gasteiger partial charge in [0.15, 0.2) is 0 Å². The van der Waals surface area contributed by atoms with Crippen molar-refractivity contribution in [2.45, 2.75) is 13.3 Å². The summed E-state index contributed by atoms with van der Waals surface area (Å²) < 4.78 is 11.6. The van der Waals surface area contributed by atoms with Crippen LogP contribution in [0.1, 0.15) is 12.5 Å². The molecule has 0 aliphatic rings. The van der Waals surface area contributed by atoms with Crippen LogP contribution in [0.2, 0.25) is 5.02 Å². The largest absolute Gasteiger partial charge is 0.456 e. The molecule has 0 atom stereocenters. The summed E-state index contributed by atoms with van der Waals surface area (Å²) in [4.78, 5) is 15.1. The number of hydrogen-bond donors (Lipinski definition) is 1. The summed E-state index contributed by atoms with van der Waals surface area (Å²) in [5, 5.41) is 7.86. The molecule has 0 radical (unpaired) electrons. The van der Waals surface area contributed by atoms with E-state index in [1.54, 1.807) is 24.4 Å². The number of ether oxygens (including phenoxy) is 2. The van der Waals surface area contributed by atoms with E-state index >= 15 is 0 Å². The lowest BCUT2D eigenvalue weighted by Gasteiger charge is -2.11. The molecule has 152 valence electrons. The monoisotopic (exact) mass is 438 g/mol. The summed E-state index contributed by atoms with van der Waals surface area (Å²) in [6, 6.07) is 17.4. The maximum atomic E-state index is 11.0. The molecule has 7 heteroatoms. The first-order valence-corrected chi connectivity index (χ1v) is 10.6. The highest BCUT2D eigenvalue weighted by molar-refractivity contribution is 7.11. The highest BCUT2D eigenvalue weighted by Crippen LogP contribution is 2.35. The number of fused-ring (bicyclic) bond motifs is 1. The number of thiazole rings is 1. The summed E-state index contributed by atoms with van der Waals surface area (Å²) in [6.45, 7) is 2.15. The average molecular weight is 439 g/mol. The van der Waals surface area contributed by atoms with Crippen LogP contribution in [-0.4, -0.2) is 17.4 Å². The number of carbonyl (C=O) groups excluding carboxylic acids is 1. The third-order valence-electron chi connectivity index (χ3n) is 4.41. The van der Waals surface area contributed by atoms with Crippen molar-refractivity contribution in [3.8, 4) is 22.4 Å². The number of aromatic nitrogens is 1. The third-order valence-corrected chi connectivity index (χ3v) is 5.35. The molecule has 4 aromatic rings. The van der Waals surface area contributed by atoms with Gasteiger partial charge in [-0.25, -0.2) is 4.98 Å². The molecule has 0 aliphatic heterocycles. The summed E-state index contributed by atoms with van der Waals surface area (Å²) in [5.74, 6) is 1.84. The molecule has 5 nitrogen and oxygen atoms in total. The summed E-state index contributed by atoms with van der Waals surface area (Å²) in [7, 11) is 0. The van der Waals surface area contributed by atoms with Gasteiger partial charge in [-0.2, -0.15) is 0 Å². The zero-order chi connectivity index (χ0) is 20.9. The van der Waals surface area contributed by atoms with Crippen LogP contribution in [0.5, 0.6) is 22.4 Å². The molecule has 3 aromatic carbocycles. The molecule has 1 N–H and O–H groups in total. The van der Waals surface area contributed by atoms with Crippen molar-refractivity contribution in [2.24, 2.45) is 0 Å². The molecule has 1 heterocycles. The van der Waals surface area contributed by atoms with E-state index in [4.69, 9.17) is 21.1 Å². The Morgan fingerprint density at radius 1 is 1.03 bits per heavy atom. The van der Waals surface area contributed by atoms with Gasteiger partial charge in [0.1, 0.15) is 17.2 Å². The molecule has 0 saturated heterocycles. The Labute approximate surface area is 183 Å². The van der Waals surface area contributed by atoms with E-state index in [1.165, 1.54) is 23.8 Å². The van der Waals surface area contributed by atoms with E-state index in [2.05, 4.69) is 28.5 Å². The smallest absolute Gasteiger partial charge is 0.278 e. The maximum absolute atomic E-state index is 11.0. The van der Waals surface area contributed by atoms with Crippen molar-refractivity contribution < 1.29 is 14.3 Å². The molecule has 0 unspecified atom stereocenters. The van der Waals surface area contributed by atoms with Gasteiger partial charge in [-0.05, 0) is 47.0 Å². The molecule has 1 aromatic heterocycles. The second-order valence-corrected chi connectivity index (χ2v) is 7.93. The summed E-state index contributed by atoms with van der Waals surface area (Å²) in [5.41, 5.74) is 1.17. The van der Waals surface area contributed by atoms with Crippen LogP contribution in [0.25, 0.3) is 10.8 Å². The number of amides is 1. The Hall–Kier alpha value is -3.09. The maximum Gasteiger partial charge on any atom is 0.278 e. The van der Waals surface area contributed by atoms with Crippen molar-refractivity contribution in [3.63, 3.8) is 0 Å². The van der Waals surface area contributed by atoms with Gasteiger partial charge in [0, 0.05) is 31.1 Å². The summed E-state index contributed by atoms with van der Waals surface area (Å²) in [6.07, 6.45) is 2.48. The van der Waals surface area contributed by atoms with Crippen LogP contribution in [-0.2, 0) is 11.2 Å². The van der Waals surface area contributed by atoms with Gasteiger partial charge in [-0.15, -0.1) is 0 Å². The van der Waals surface area contributed by atoms with Crippen LogP contribution < -0.4 is 14.8 Å². The number of carbonyl (C=O) groups is 1. The first-order valence-electron chi connectivity index (χ1n) is 9.39. The predicted molar refractivity (Wildman–Crippen MR) is 120 cm³/mol. The van der Waals surface area contributed by atoms with Crippen LogP contribution in [0.3, 0.4) is 0 Å². The van der Waals surface area contributed by atoms with Gasteiger partial charge in [0.05, 0.1) is 5.02 Å². The first kappa shape index (κ1) is 20.2. The minimum atomic E-state index is -0.0148. The lowest BCUT2D eigenvalue weighted by atomic mass is 10.0. The van der Waals surface area contributed by atoms with Gasteiger partial charge in [-0.3, -0.25) is 4.79 Å². The average Bonchev–Trinajstić information content (AvgIpc) is 3.23. The molecular weight excluding hydrogens is 420 g/mol. The minimum absolute atomic E-state index is 0.0148. The van der Waals surface area contributed by atoms with Crippen LogP contribution >= 0.6 is 22.9 Å². The number of nitrogens with zero attached hydrogens (tertiary/aromatic N) is 1. The van der Waals surface area contributed by atoms with E-state index < -0.39 is 0 Å². The Morgan fingerprint density at radius 2 is 1.80 bits per heavy atom. The molecule has 1 amide bonds. The topological polar surface area (TPSA) is 60.5 Å². The Kier molecular flexibility index (Phi) is 6.16. The molecule has 0 bridgehead atoms. The van der Waals surface area contributed by atoms with Crippen LogP contribution in [0.15, 0.2) is 66.2 Å². The zero-order valence-corrected chi connectivity index (χ0v) is 17.8. The molecule has 0 saturated carbocycles. The van der Waals surface area contributed by atoms with Gasteiger partial charge in [0.2, 0.25) is 5.91 Å². The SMILES string of the molecule is CC(=O)NCCc1ccc2cc(Oc3ccc(Oc4nccs4)cc3Cl)ccc2c1. The van der Waals surface area contributed by atoms with E-state index in [0.717, 1.165) is 17.2 Å². The lowest BCUT2D eigenvalue weighted by Crippen LogP contribution is -2.22. The van der Waals surface area contributed by atoms with E-state index in [1.807, 2.05) is 23.6 Å². The quantitative estimate of drug-likeness (QED) is 0.372. The van der Waals surface area contributed by atoms with Gasteiger partial charge in [0.25, 0.3) is 5.19 Å². The first-order chi connectivity index (χ1) is 14.6. The molecule has 30 heavy (non-hydrogen) atoms. The molecule has 0 aliphatic carbocycles. The van der Waals surface area contributed by atoms with Gasteiger partial charge >= 0.3 is 0 Å². The van der Waals surface area contributed by atoms with Crippen molar-refractivity contribution in [3.05, 3.63) is 76.8 Å². The summed E-state index contributed by atoms with van der Waals surface area (Å²) >= 11 is 7.79. The second kappa shape index (κ2) is 9.15. The normalized spacial score (nSPS) is 10.7. The number of halogens is 1. The fourth-order valence-corrected chi connectivity index (χ4v) is 3.70.